The molecule has 17 heavy (non-hydrogen) atoms. The molecular formula is C10H21NO5S. The summed E-state index contributed by atoms with van der Waals surface area (Å²) in [6.07, 6.45) is 3.00. The Morgan fingerprint density at radius 2 is 2.06 bits per heavy atom. The lowest BCUT2D eigenvalue weighted by atomic mass is 10.1. The Bertz CT molecular complexity index is 328. The van der Waals surface area contributed by atoms with Gasteiger partial charge in [0, 0.05) is 12.5 Å². The number of nitrogens with zero attached hydrogens (tertiary/aromatic N) is 1. The lowest BCUT2D eigenvalue weighted by Gasteiger charge is -2.30. The molecule has 0 aromatic rings. The van der Waals surface area contributed by atoms with Crippen molar-refractivity contribution in [2.75, 3.05) is 20.2 Å². The molecule has 1 aliphatic rings. The van der Waals surface area contributed by atoms with Crippen LogP contribution in [0.15, 0.2) is 0 Å². The summed E-state index contributed by atoms with van der Waals surface area (Å²) in [5, 5.41) is 0. The fourth-order valence-electron chi connectivity index (χ4n) is 1.50. The number of piperidine rings is 1. The van der Waals surface area contributed by atoms with Gasteiger partial charge in [0.15, 0.2) is 0 Å². The van der Waals surface area contributed by atoms with Gasteiger partial charge in [-0.2, -0.15) is 8.42 Å². The van der Waals surface area contributed by atoms with Crippen molar-refractivity contribution in [2.45, 2.75) is 39.2 Å². The molecular weight excluding hydrogens is 246 g/mol. The average Bonchev–Trinajstić information content (AvgIpc) is 2.28. The van der Waals surface area contributed by atoms with E-state index in [1.165, 1.54) is 0 Å². The molecule has 0 aromatic carbocycles. The number of carbonyl (C=O) groups excluding carboxylic acids is 1. The van der Waals surface area contributed by atoms with Crippen molar-refractivity contribution in [3.63, 3.8) is 0 Å². The first kappa shape index (κ1) is 16.5. The van der Waals surface area contributed by atoms with Crippen LogP contribution in [0.1, 0.15) is 33.1 Å². The monoisotopic (exact) mass is 267 g/mol. The van der Waals surface area contributed by atoms with Crippen LogP contribution in [0.4, 0.5) is 0 Å². The normalized spacial score (nSPS) is 19.4. The summed E-state index contributed by atoms with van der Waals surface area (Å²) in [5.41, 5.74) is 0. The van der Waals surface area contributed by atoms with Gasteiger partial charge in [-0.3, -0.25) is 18.4 Å². The van der Waals surface area contributed by atoms with E-state index in [9.17, 15) is 13.2 Å². The fourth-order valence-corrected chi connectivity index (χ4v) is 1.50. The largest absolute Gasteiger partial charge is 0.397 e. The number of carbonyl (C=O) groups is 1. The third-order valence-electron chi connectivity index (χ3n) is 2.71. The highest BCUT2D eigenvalue weighted by Gasteiger charge is 2.19. The molecule has 0 amide bonds. The second-order valence-electron chi connectivity index (χ2n) is 3.96. The van der Waals surface area contributed by atoms with Gasteiger partial charge in [0.25, 0.3) is 0 Å². The van der Waals surface area contributed by atoms with Crippen molar-refractivity contribution in [1.29, 1.82) is 0 Å². The first-order valence-electron chi connectivity index (χ1n) is 5.59. The Morgan fingerprint density at radius 3 is 2.41 bits per heavy atom. The zero-order valence-electron chi connectivity index (χ0n) is 10.5. The molecule has 0 radical (unpaired) electrons. The van der Waals surface area contributed by atoms with Gasteiger partial charge in [0.05, 0.1) is 13.7 Å². The minimum absolute atomic E-state index is 0.413. The zero-order valence-corrected chi connectivity index (χ0v) is 11.4. The highest BCUT2D eigenvalue weighted by molar-refractivity contribution is 7.80. The standard InChI is InChI=1S/C9H17NO.CH4O4S/c1-3-8(2)10-6-4-5-9(11)7-10;1-5-6(2,3)4/h8H,3-7H2,1-2H3;1H3,(H,2,3,4). The molecule has 0 aliphatic carbocycles. The summed E-state index contributed by atoms with van der Waals surface area (Å²) in [4.78, 5) is 13.3. The van der Waals surface area contributed by atoms with Crippen LogP contribution in [-0.4, -0.2) is 49.9 Å². The summed E-state index contributed by atoms with van der Waals surface area (Å²) < 4.78 is 29.7. The maximum Gasteiger partial charge on any atom is 0.397 e. The molecule has 1 fully saturated rings. The third-order valence-corrected chi connectivity index (χ3v) is 3.13. The lowest BCUT2D eigenvalue weighted by Crippen LogP contribution is -2.41. The third kappa shape index (κ3) is 8.25. The van der Waals surface area contributed by atoms with Crippen LogP contribution in [0.3, 0.4) is 0 Å². The highest BCUT2D eigenvalue weighted by Crippen LogP contribution is 2.11. The average molecular weight is 267 g/mol. The van der Waals surface area contributed by atoms with Gasteiger partial charge >= 0.3 is 10.4 Å². The van der Waals surface area contributed by atoms with Crippen LogP contribution in [0.2, 0.25) is 0 Å². The summed E-state index contributed by atoms with van der Waals surface area (Å²) in [6.45, 7) is 6.16. The molecule has 6 nitrogen and oxygen atoms in total. The summed E-state index contributed by atoms with van der Waals surface area (Å²) >= 11 is 0. The van der Waals surface area contributed by atoms with Gasteiger partial charge in [0.2, 0.25) is 0 Å². The van der Waals surface area contributed by atoms with Gasteiger partial charge in [0.1, 0.15) is 5.78 Å². The molecule has 1 atom stereocenters. The van der Waals surface area contributed by atoms with E-state index in [4.69, 9.17) is 4.55 Å². The molecule has 1 aliphatic heterocycles. The van der Waals surface area contributed by atoms with E-state index in [0.717, 1.165) is 32.9 Å². The van der Waals surface area contributed by atoms with E-state index >= 15 is 0 Å². The maximum atomic E-state index is 11.1. The Morgan fingerprint density at radius 1 is 1.53 bits per heavy atom. The van der Waals surface area contributed by atoms with Crippen LogP contribution in [-0.2, 0) is 19.4 Å². The summed E-state index contributed by atoms with van der Waals surface area (Å²) in [5.74, 6) is 0.413. The molecule has 0 saturated carbocycles. The Hall–Kier alpha value is -0.500. The van der Waals surface area contributed by atoms with Gasteiger partial charge in [-0.25, -0.2) is 0 Å². The van der Waals surface area contributed by atoms with Gasteiger partial charge in [-0.15, -0.1) is 0 Å². The van der Waals surface area contributed by atoms with Crippen molar-refractivity contribution in [2.24, 2.45) is 0 Å². The number of likely N-dealkylation sites (tertiary alicyclic amines) is 1. The van der Waals surface area contributed by atoms with Crippen molar-refractivity contribution in [1.82, 2.24) is 4.90 Å². The molecule has 1 saturated heterocycles. The van der Waals surface area contributed by atoms with E-state index in [0.29, 0.717) is 18.4 Å². The van der Waals surface area contributed by atoms with Crippen molar-refractivity contribution >= 4 is 16.2 Å². The fraction of sp³-hybridized carbons (Fsp3) is 0.900. The minimum atomic E-state index is -4.16. The van der Waals surface area contributed by atoms with Crippen molar-refractivity contribution in [3.8, 4) is 0 Å². The van der Waals surface area contributed by atoms with Crippen LogP contribution in [0, 0.1) is 0 Å². The number of hydrogen-bond acceptors (Lipinski definition) is 5. The second kappa shape index (κ2) is 7.75. The van der Waals surface area contributed by atoms with Crippen LogP contribution in [0.25, 0.3) is 0 Å². The molecule has 1 N–H and O–H groups in total. The second-order valence-corrected chi connectivity index (χ2v) is 5.15. The Labute approximate surface area is 103 Å². The van der Waals surface area contributed by atoms with E-state index in [1.807, 2.05) is 0 Å². The Kier molecular flexibility index (Phi) is 7.53. The number of hydrogen-bond donors (Lipinski definition) is 1. The summed E-state index contributed by atoms with van der Waals surface area (Å²) in [6, 6.07) is 0.583. The molecule has 102 valence electrons. The van der Waals surface area contributed by atoms with Crippen LogP contribution in [0.5, 0.6) is 0 Å². The predicted molar refractivity (Wildman–Crippen MR) is 64.1 cm³/mol. The predicted octanol–water partition coefficient (Wildman–Crippen LogP) is 0.885. The molecule has 7 heteroatoms. The van der Waals surface area contributed by atoms with E-state index in [1.54, 1.807) is 0 Å². The van der Waals surface area contributed by atoms with E-state index in [-0.39, 0.29) is 0 Å². The SMILES string of the molecule is CCC(C)N1CCCC(=O)C1.COS(=O)(=O)O. The highest BCUT2D eigenvalue weighted by atomic mass is 32.3. The molecule has 1 heterocycles. The Balaban J connectivity index is 0.000000366. The van der Waals surface area contributed by atoms with Gasteiger partial charge < -0.3 is 0 Å². The zero-order chi connectivity index (χ0) is 13.5. The maximum absolute atomic E-state index is 11.1. The quantitative estimate of drug-likeness (QED) is 0.764. The van der Waals surface area contributed by atoms with Crippen LogP contribution >= 0.6 is 0 Å². The first-order chi connectivity index (χ1) is 7.80. The smallest absolute Gasteiger partial charge is 0.298 e. The number of rotatable bonds is 3. The molecule has 0 aromatic heterocycles. The van der Waals surface area contributed by atoms with Crippen LogP contribution < -0.4 is 0 Å². The molecule has 1 unspecified atom stereocenters. The number of Topliss-reactive ketones (excluding diaryl/α,β-unsaturated/α-hetero) is 1. The lowest BCUT2D eigenvalue weighted by molar-refractivity contribution is -0.122. The van der Waals surface area contributed by atoms with Crippen molar-refractivity contribution < 1.29 is 21.9 Å². The first-order valence-corrected chi connectivity index (χ1v) is 6.95. The number of ketones is 1. The van der Waals surface area contributed by atoms with E-state index < -0.39 is 10.4 Å². The van der Waals surface area contributed by atoms with Gasteiger partial charge in [-0.1, -0.05) is 6.92 Å². The topological polar surface area (TPSA) is 83.9 Å². The van der Waals surface area contributed by atoms with E-state index in [2.05, 4.69) is 22.9 Å². The molecule has 0 spiro atoms. The molecule has 1 rings (SSSR count). The molecule has 0 bridgehead atoms. The van der Waals surface area contributed by atoms with Crippen molar-refractivity contribution in [3.05, 3.63) is 0 Å². The van der Waals surface area contributed by atoms with Gasteiger partial charge in [-0.05, 0) is 26.3 Å². The summed E-state index contributed by atoms with van der Waals surface area (Å²) in [7, 11) is -3.29. The minimum Gasteiger partial charge on any atom is -0.298 e.